The molecule has 2 heterocycles. The van der Waals surface area contributed by atoms with Gasteiger partial charge in [-0.2, -0.15) is 0 Å². The Balaban J connectivity index is 1.74. The van der Waals surface area contributed by atoms with Crippen molar-refractivity contribution in [3.8, 4) is 11.4 Å². The molecular formula is C14H15N5O3S. The molecule has 1 aliphatic rings. The molecule has 3 amide bonds. The van der Waals surface area contributed by atoms with Crippen LogP contribution in [0.5, 0.6) is 5.75 Å². The Bertz CT molecular complexity index is 733. The first kappa shape index (κ1) is 15.3. The van der Waals surface area contributed by atoms with E-state index in [4.69, 9.17) is 4.74 Å². The molecule has 0 unspecified atom stereocenters. The number of ether oxygens (including phenoxy) is 1. The van der Waals surface area contributed by atoms with Crippen LogP contribution in [-0.2, 0) is 4.79 Å². The van der Waals surface area contributed by atoms with Crippen molar-refractivity contribution in [2.24, 2.45) is 0 Å². The van der Waals surface area contributed by atoms with E-state index in [0.717, 1.165) is 5.69 Å². The van der Waals surface area contributed by atoms with E-state index in [1.54, 1.807) is 18.0 Å². The normalized spacial score (nSPS) is 14.0. The van der Waals surface area contributed by atoms with Crippen LogP contribution in [0, 0.1) is 0 Å². The number of carbonyl (C=O) groups excluding carboxylic acids is 2. The highest BCUT2D eigenvalue weighted by Crippen LogP contribution is 2.26. The molecule has 3 rings (SSSR count). The van der Waals surface area contributed by atoms with Gasteiger partial charge in [0, 0.05) is 13.1 Å². The van der Waals surface area contributed by atoms with Crippen LogP contribution in [0.4, 0.5) is 4.79 Å². The Kier molecular flexibility index (Phi) is 4.47. The van der Waals surface area contributed by atoms with Gasteiger partial charge in [-0.3, -0.25) is 14.3 Å². The van der Waals surface area contributed by atoms with E-state index in [-0.39, 0.29) is 17.7 Å². The van der Waals surface area contributed by atoms with Crippen LogP contribution in [0.15, 0.2) is 35.7 Å². The zero-order valence-corrected chi connectivity index (χ0v) is 13.2. The van der Waals surface area contributed by atoms with Gasteiger partial charge in [0.2, 0.25) is 5.91 Å². The molecule has 0 aliphatic carbocycles. The number of urea groups is 1. The van der Waals surface area contributed by atoms with Gasteiger partial charge < -0.3 is 10.1 Å². The van der Waals surface area contributed by atoms with Gasteiger partial charge in [0.05, 0.1) is 18.6 Å². The number of hydrogen-bond donors (Lipinski definition) is 1. The van der Waals surface area contributed by atoms with E-state index in [9.17, 15) is 9.59 Å². The predicted octanol–water partition coefficient (Wildman–Crippen LogP) is 0.920. The molecule has 1 N–H and O–H groups in total. The Labute approximate surface area is 136 Å². The number of imide groups is 1. The van der Waals surface area contributed by atoms with Crippen molar-refractivity contribution in [3.05, 3.63) is 30.6 Å². The molecule has 0 spiro atoms. The van der Waals surface area contributed by atoms with Crippen molar-refractivity contribution in [3.63, 3.8) is 0 Å². The predicted molar refractivity (Wildman–Crippen MR) is 83.7 cm³/mol. The maximum atomic E-state index is 12.1. The number of rotatable bonds is 5. The highest BCUT2D eigenvalue weighted by atomic mass is 32.2. The lowest BCUT2D eigenvalue weighted by atomic mass is 10.3. The van der Waals surface area contributed by atoms with Crippen molar-refractivity contribution < 1.29 is 14.3 Å². The highest BCUT2D eigenvalue weighted by Gasteiger charge is 2.26. The van der Waals surface area contributed by atoms with Crippen molar-refractivity contribution >= 4 is 23.7 Å². The molecule has 23 heavy (non-hydrogen) atoms. The maximum absolute atomic E-state index is 12.1. The summed E-state index contributed by atoms with van der Waals surface area (Å²) < 4.78 is 7.08. The van der Waals surface area contributed by atoms with Gasteiger partial charge in [0.15, 0.2) is 5.16 Å². The summed E-state index contributed by atoms with van der Waals surface area (Å²) >= 11 is 1.23. The highest BCUT2D eigenvalue weighted by molar-refractivity contribution is 7.99. The SMILES string of the molecule is COc1ccccc1-n1cnnc1SCC(=O)N1CCNC1=O. The third-order valence-corrected chi connectivity index (χ3v) is 4.27. The van der Waals surface area contributed by atoms with Gasteiger partial charge in [-0.05, 0) is 12.1 Å². The second-order valence-electron chi connectivity index (χ2n) is 4.72. The van der Waals surface area contributed by atoms with E-state index in [1.165, 1.54) is 16.7 Å². The Morgan fingerprint density at radius 2 is 2.26 bits per heavy atom. The minimum atomic E-state index is -0.346. The molecule has 1 fully saturated rings. The fourth-order valence-electron chi connectivity index (χ4n) is 2.23. The molecule has 1 aliphatic heterocycles. The molecule has 120 valence electrons. The average molecular weight is 333 g/mol. The van der Waals surface area contributed by atoms with Crippen LogP contribution >= 0.6 is 11.8 Å². The first-order chi connectivity index (χ1) is 11.2. The Hall–Kier alpha value is -2.55. The third kappa shape index (κ3) is 3.14. The summed E-state index contributed by atoms with van der Waals surface area (Å²) in [5.74, 6) is 0.542. The summed E-state index contributed by atoms with van der Waals surface area (Å²) in [6, 6.07) is 7.12. The Morgan fingerprint density at radius 3 is 3.00 bits per heavy atom. The van der Waals surface area contributed by atoms with E-state index >= 15 is 0 Å². The number of hydrogen-bond acceptors (Lipinski definition) is 6. The number of thioether (sulfide) groups is 1. The number of nitrogens with zero attached hydrogens (tertiary/aromatic N) is 4. The minimum absolute atomic E-state index is 0.112. The Morgan fingerprint density at radius 1 is 1.43 bits per heavy atom. The summed E-state index contributed by atoms with van der Waals surface area (Å²) in [5, 5.41) is 11.1. The topological polar surface area (TPSA) is 89.3 Å². The van der Waals surface area contributed by atoms with E-state index in [0.29, 0.717) is 24.0 Å². The zero-order valence-electron chi connectivity index (χ0n) is 12.4. The second kappa shape index (κ2) is 6.69. The standard InChI is InChI=1S/C14H15N5O3S/c1-22-11-5-3-2-4-10(11)19-9-16-17-14(19)23-8-12(20)18-7-6-15-13(18)21/h2-5,9H,6-8H2,1H3,(H,15,21). The molecule has 1 aromatic carbocycles. The average Bonchev–Trinajstić information content (AvgIpc) is 3.21. The van der Waals surface area contributed by atoms with Crippen molar-refractivity contribution in [1.29, 1.82) is 0 Å². The van der Waals surface area contributed by atoms with Crippen molar-refractivity contribution in [1.82, 2.24) is 25.0 Å². The van der Waals surface area contributed by atoms with Crippen LogP contribution < -0.4 is 10.1 Å². The summed E-state index contributed by atoms with van der Waals surface area (Å²) in [4.78, 5) is 24.8. The van der Waals surface area contributed by atoms with E-state index in [2.05, 4.69) is 15.5 Å². The molecule has 9 heteroatoms. The quantitative estimate of drug-likeness (QED) is 0.819. The number of methoxy groups -OCH3 is 1. The number of nitrogens with one attached hydrogen (secondary N) is 1. The molecule has 1 aromatic heterocycles. The molecule has 0 saturated carbocycles. The smallest absolute Gasteiger partial charge is 0.324 e. The monoisotopic (exact) mass is 333 g/mol. The summed E-state index contributed by atoms with van der Waals surface area (Å²) in [5.41, 5.74) is 0.786. The third-order valence-electron chi connectivity index (χ3n) is 3.34. The van der Waals surface area contributed by atoms with Crippen LogP contribution in [0.25, 0.3) is 5.69 Å². The minimum Gasteiger partial charge on any atom is -0.495 e. The molecular weight excluding hydrogens is 318 g/mol. The molecule has 0 radical (unpaired) electrons. The van der Waals surface area contributed by atoms with Gasteiger partial charge in [-0.25, -0.2) is 4.79 Å². The largest absolute Gasteiger partial charge is 0.495 e. The first-order valence-corrected chi connectivity index (χ1v) is 7.93. The van der Waals surface area contributed by atoms with Gasteiger partial charge in [0.25, 0.3) is 0 Å². The second-order valence-corrected chi connectivity index (χ2v) is 5.66. The van der Waals surface area contributed by atoms with Crippen LogP contribution in [0.3, 0.4) is 0 Å². The summed E-state index contributed by atoms with van der Waals surface area (Å²) in [6.45, 7) is 0.893. The maximum Gasteiger partial charge on any atom is 0.324 e. The molecule has 0 bridgehead atoms. The van der Waals surface area contributed by atoms with Crippen molar-refractivity contribution in [2.45, 2.75) is 5.16 Å². The number of carbonyl (C=O) groups is 2. The summed E-state index contributed by atoms with van der Waals surface area (Å²) in [7, 11) is 1.59. The lowest BCUT2D eigenvalue weighted by Gasteiger charge is -2.12. The lowest BCUT2D eigenvalue weighted by molar-refractivity contribution is -0.124. The summed E-state index contributed by atoms with van der Waals surface area (Å²) in [6.07, 6.45) is 1.56. The lowest BCUT2D eigenvalue weighted by Crippen LogP contribution is -2.35. The van der Waals surface area contributed by atoms with Crippen LogP contribution in [-0.4, -0.2) is 57.6 Å². The molecule has 2 aromatic rings. The van der Waals surface area contributed by atoms with Gasteiger partial charge >= 0.3 is 6.03 Å². The van der Waals surface area contributed by atoms with Crippen LogP contribution in [0.2, 0.25) is 0 Å². The van der Waals surface area contributed by atoms with Crippen molar-refractivity contribution in [2.75, 3.05) is 26.0 Å². The number of para-hydroxylation sites is 2. The fraction of sp³-hybridized carbons (Fsp3) is 0.286. The van der Waals surface area contributed by atoms with Gasteiger partial charge in [-0.1, -0.05) is 23.9 Å². The first-order valence-electron chi connectivity index (χ1n) is 6.95. The number of aromatic nitrogens is 3. The number of amides is 3. The van der Waals surface area contributed by atoms with Crippen LogP contribution in [0.1, 0.15) is 0 Å². The fourth-order valence-corrected chi connectivity index (χ4v) is 3.03. The molecule has 8 nitrogen and oxygen atoms in total. The number of benzene rings is 1. The molecule has 0 atom stereocenters. The zero-order chi connectivity index (χ0) is 16.2. The molecule has 1 saturated heterocycles. The van der Waals surface area contributed by atoms with Gasteiger partial charge in [0.1, 0.15) is 12.1 Å². The van der Waals surface area contributed by atoms with E-state index < -0.39 is 0 Å². The van der Waals surface area contributed by atoms with Gasteiger partial charge in [-0.15, -0.1) is 10.2 Å². The van der Waals surface area contributed by atoms with E-state index in [1.807, 2.05) is 24.3 Å².